The fraction of sp³-hybridized carbons (Fsp3) is 0.462. The van der Waals surface area contributed by atoms with Crippen molar-refractivity contribution in [2.45, 2.75) is 6.10 Å². The van der Waals surface area contributed by atoms with Gasteiger partial charge in [0.15, 0.2) is 11.5 Å². The third kappa shape index (κ3) is 3.29. The molecule has 1 atom stereocenters. The molecule has 19 heavy (non-hydrogen) atoms. The maximum atomic E-state index is 11.4. The molecule has 0 spiro atoms. The number of amides is 1. The Labute approximate surface area is 111 Å². The third-order valence-electron chi connectivity index (χ3n) is 2.84. The Bertz CT molecular complexity index is 437. The Kier molecular flexibility index (Phi) is 4.46. The number of carbonyl (C=O) groups is 1. The minimum atomic E-state index is -0.432. The number of aliphatic hydroxyl groups is 1. The number of hydrogen-bond acceptors (Lipinski definition) is 5. The van der Waals surface area contributed by atoms with Gasteiger partial charge in [-0.3, -0.25) is 0 Å². The summed E-state index contributed by atoms with van der Waals surface area (Å²) in [6.45, 7) is 0.987. The van der Waals surface area contributed by atoms with Crippen LogP contribution in [0.5, 0.6) is 11.5 Å². The molecule has 0 saturated carbocycles. The van der Waals surface area contributed by atoms with Crippen LogP contribution in [0.15, 0.2) is 24.3 Å². The minimum absolute atomic E-state index is 0.157. The van der Waals surface area contributed by atoms with E-state index in [2.05, 4.69) is 0 Å². The van der Waals surface area contributed by atoms with Gasteiger partial charge in [-0.2, -0.15) is 0 Å². The zero-order valence-corrected chi connectivity index (χ0v) is 10.7. The first-order valence-electron chi connectivity index (χ1n) is 6.07. The summed E-state index contributed by atoms with van der Waals surface area (Å²) < 4.78 is 15.7. The molecular formula is C13H17NO5. The number of aliphatic hydroxyl groups excluding tert-OH is 1. The topological polar surface area (TPSA) is 68.2 Å². The summed E-state index contributed by atoms with van der Waals surface area (Å²) in [7, 11) is 1.58. The highest BCUT2D eigenvalue weighted by Crippen LogP contribution is 2.25. The van der Waals surface area contributed by atoms with Gasteiger partial charge in [0.1, 0.15) is 12.7 Å². The first-order valence-corrected chi connectivity index (χ1v) is 6.07. The summed E-state index contributed by atoms with van der Waals surface area (Å²) >= 11 is 0. The quantitative estimate of drug-likeness (QED) is 0.829. The molecule has 1 saturated heterocycles. The van der Waals surface area contributed by atoms with E-state index in [9.17, 15) is 4.79 Å². The molecule has 1 amide bonds. The first kappa shape index (κ1) is 13.5. The van der Waals surface area contributed by atoms with Gasteiger partial charge in [0.25, 0.3) is 0 Å². The molecule has 0 radical (unpaired) electrons. The van der Waals surface area contributed by atoms with Gasteiger partial charge in [-0.1, -0.05) is 12.1 Å². The lowest BCUT2D eigenvalue weighted by atomic mass is 10.3. The van der Waals surface area contributed by atoms with Crippen molar-refractivity contribution >= 4 is 6.09 Å². The molecular weight excluding hydrogens is 250 g/mol. The van der Waals surface area contributed by atoms with Gasteiger partial charge in [-0.25, -0.2) is 4.79 Å². The molecule has 2 rings (SSSR count). The summed E-state index contributed by atoms with van der Waals surface area (Å²) in [5, 5.41) is 8.92. The molecule has 0 unspecified atom stereocenters. The molecule has 104 valence electrons. The van der Waals surface area contributed by atoms with Gasteiger partial charge >= 0.3 is 6.09 Å². The normalized spacial score (nSPS) is 18.3. The zero-order valence-electron chi connectivity index (χ0n) is 10.7. The van der Waals surface area contributed by atoms with Crippen LogP contribution in [0.3, 0.4) is 0 Å². The lowest BCUT2D eigenvalue weighted by Crippen LogP contribution is -2.30. The summed E-state index contributed by atoms with van der Waals surface area (Å²) in [6, 6.07) is 7.32. The van der Waals surface area contributed by atoms with Crippen LogP contribution in [0.25, 0.3) is 0 Å². The van der Waals surface area contributed by atoms with Crippen molar-refractivity contribution in [1.82, 2.24) is 4.90 Å². The highest BCUT2D eigenvalue weighted by Gasteiger charge is 2.30. The van der Waals surface area contributed by atoms with Crippen LogP contribution >= 0.6 is 0 Å². The summed E-state index contributed by atoms with van der Waals surface area (Å²) in [6.07, 6.45) is -0.846. The minimum Gasteiger partial charge on any atom is -0.493 e. The second-order valence-electron chi connectivity index (χ2n) is 4.13. The second kappa shape index (κ2) is 6.29. The van der Waals surface area contributed by atoms with E-state index in [1.54, 1.807) is 19.2 Å². The molecule has 1 aliphatic rings. The molecule has 1 aromatic rings. The van der Waals surface area contributed by atoms with E-state index in [1.165, 1.54) is 4.90 Å². The fourth-order valence-corrected chi connectivity index (χ4v) is 1.86. The SMILES string of the molecule is COc1ccccc1OCCN1C[C@H](CO)OC1=O. The Balaban J connectivity index is 1.82. The smallest absolute Gasteiger partial charge is 0.410 e. The van der Waals surface area contributed by atoms with E-state index in [0.29, 0.717) is 31.2 Å². The summed E-state index contributed by atoms with van der Waals surface area (Å²) in [4.78, 5) is 12.9. The number of para-hydroxylation sites is 2. The average Bonchev–Trinajstić information content (AvgIpc) is 2.80. The van der Waals surface area contributed by atoms with Crippen LogP contribution in [-0.4, -0.2) is 55.6 Å². The van der Waals surface area contributed by atoms with E-state index >= 15 is 0 Å². The molecule has 6 heteroatoms. The van der Waals surface area contributed by atoms with E-state index in [4.69, 9.17) is 19.3 Å². The third-order valence-corrected chi connectivity index (χ3v) is 2.84. The fourth-order valence-electron chi connectivity index (χ4n) is 1.86. The van der Waals surface area contributed by atoms with E-state index in [1.807, 2.05) is 12.1 Å². The van der Waals surface area contributed by atoms with Crippen LogP contribution in [-0.2, 0) is 4.74 Å². The van der Waals surface area contributed by atoms with Gasteiger partial charge in [0, 0.05) is 0 Å². The number of rotatable bonds is 6. The summed E-state index contributed by atoms with van der Waals surface area (Å²) in [5.41, 5.74) is 0. The molecule has 0 aliphatic carbocycles. The number of ether oxygens (including phenoxy) is 3. The van der Waals surface area contributed by atoms with Crippen LogP contribution in [0.2, 0.25) is 0 Å². The van der Waals surface area contributed by atoms with Gasteiger partial charge < -0.3 is 24.2 Å². The Morgan fingerprint density at radius 2 is 2.16 bits per heavy atom. The van der Waals surface area contributed by atoms with Crippen molar-refractivity contribution in [3.05, 3.63) is 24.3 Å². The standard InChI is InChI=1S/C13H17NO5/c1-17-11-4-2-3-5-12(11)18-7-6-14-8-10(9-15)19-13(14)16/h2-5,10,15H,6-9H2,1H3/t10-/m1/s1. The number of benzene rings is 1. The number of nitrogens with zero attached hydrogens (tertiary/aromatic N) is 1. The largest absolute Gasteiger partial charge is 0.493 e. The maximum absolute atomic E-state index is 11.4. The highest BCUT2D eigenvalue weighted by atomic mass is 16.6. The predicted molar refractivity (Wildman–Crippen MR) is 67.4 cm³/mol. The monoisotopic (exact) mass is 267 g/mol. The Hall–Kier alpha value is -1.95. The first-order chi connectivity index (χ1) is 9.24. The van der Waals surface area contributed by atoms with Crippen LogP contribution in [0.1, 0.15) is 0 Å². The molecule has 6 nitrogen and oxygen atoms in total. The summed E-state index contributed by atoms with van der Waals surface area (Å²) in [5.74, 6) is 1.29. The van der Waals surface area contributed by atoms with Crippen molar-refractivity contribution < 1.29 is 24.1 Å². The van der Waals surface area contributed by atoms with Crippen molar-refractivity contribution in [2.24, 2.45) is 0 Å². The lowest BCUT2D eigenvalue weighted by Gasteiger charge is -2.14. The molecule has 0 aromatic heterocycles. The predicted octanol–water partition coefficient (Wildman–Crippen LogP) is 0.887. The van der Waals surface area contributed by atoms with Crippen molar-refractivity contribution in [1.29, 1.82) is 0 Å². The van der Waals surface area contributed by atoms with Crippen LogP contribution in [0.4, 0.5) is 4.79 Å². The number of hydrogen-bond donors (Lipinski definition) is 1. The van der Waals surface area contributed by atoms with Gasteiger partial charge in [0.05, 0.1) is 26.8 Å². The van der Waals surface area contributed by atoms with Gasteiger partial charge in [-0.15, -0.1) is 0 Å². The maximum Gasteiger partial charge on any atom is 0.410 e. The molecule has 1 N–H and O–H groups in total. The zero-order chi connectivity index (χ0) is 13.7. The Morgan fingerprint density at radius 1 is 1.42 bits per heavy atom. The van der Waals surface area contributed by atoms with Gasteiger partial charge in [0.2, 0.25) is 0 Å². The van der Waals surface area contributed by atoms with Gasteiger partial charge in [-0.05, 0) is 12.1 Å². The second-order valence-corrected chi connectivity index (χ2v) is 4.13. The highest BCUT2D eigenvalue weighted by molar-refractivity contribution is 5.69. The van der Waals surface area contributed by atoms with E-state index in [0.717, 1.165) is 0 Å². The molecule has 1 fully saturated rings. The Morgan fingerprint density at radius 3 is 2.79 bits per heavy atom. The average molecular weight is 267 g/mol. The molecule has 1 heterocycles. The molecule has 1 aromatic carbocycles. The number of methoxy groups -OCH3 is 1. The van der Waals surface area contributed by atoms with Crippen molar-refractivity contribution in [3.8, 4) is 11.5 Å². The molecule has 1 aliphatic heterocycles. The van der Waals surface area contributed by atoms with E-state index in [-0.39, 0.29) is 6.61 Å². The van der Waals surface area contributed by atoms with Crippen LogP contribution < -0.4 is 9.47 Å². The van der Waals surface area contributed by atoms with Crippen molar-refractivity contribution in [3.63, 3.8) is 0 Å². The van der Waals surface area contributed by atoms with E-state index < -0.39 is 12.2 Å². The lowest BCUT2D eigenvalue weighted by molar-refractivity contribution is 0.0945. The number of carbonyl (C=O) groups excluding carboxylic acids is 1. The number of cyclic esters (lactones) is 1. The van der Waals surface area contributed by atoms with Crippen LogP contribution in [0, 0.1) is 0 Å². The molecule has 0 bridgehead atoms. The van der Waals surface area contributed by atoms with Crippen molar-refractivity contribution in [2.75, 3.05) is 33.4 Å².